The summed E-state index contributed by atoms with van der Waals surface area (Å²) in [7, 11) is -1.92. The summed E-state index contributed by atoms with van der Waals surface area (Å²) in [5.41, 5.74) is 1.94. The van der Waals surface area contributed by atoms with Crippen LogP contribution in [0.25, 0.3) is 0 Å². The Labute approximate surface area is 139 Å². The Morgan fingerprint density at radius 2 is 1.91 bits per heavy atom. The van der Waals surface area contributed by atoms with Crippen molar-refractivity contribution in [1.82, 2.24) is 9.78 Å². The fourth-order valence-electron chi connectivity index (χ4n) is 2.57. The van der Waals surface area contributed by atoms with Crippen LogP contribution in [0.2, 0.25) is 0 Å². The number of hydrogen-bond acceptors (Lipinski definition) is 3. The van der Waals surface area contributed by atoms with Crippen LogP contribution in [0, 0.1) is 6.92 Å². The van der Waals surface area contributed by atoms with Crippen LogP contribution in [0.1, 0.15) is 39.0 Å². The molecule has 1 heterocycles. The lowest BCUT2D eigenvalue weighted by atomic mass is 9.92. The van der Waals surface area contributed by atoms with Crippen molar-refractivity contribution in [1.29, 1.82) is 0 Å². The second-order valence-electron chi connectivity index (χ2n) is 6.77. The zero-order valence-corrected chi connectivity index (χ0v) is 15.5. The number of aromatic nitrogens is 2. The lowest BCUT2D eigenvalue weighted by Crippen LogP contribution is -2.32. The van der Waals surface area contributed by atoms with E-state index in [4.69, 9.17) is 0 Å². The quantitative estimate of drug-likeness (QED) is 0.862. The van der Waals surface area contributed by atoms with Gasteiger partial charge in [-0.1, -0.05) is 32.9 Å². The van der Waals surface area contributed by atoms with E-state index < -0.39 is 10.0 Å². The summed E-state index contributed by atoms with van der Waals surface area (Å²) in [5, 5.41) is 4.39. The molecule has 0 unspecified atom stereocenters. The Morgan fingerprint density at radius 3 is 2.43 bits per heavy atom. The van der Waals surface area contributed by atoms with Gasteiger partial charge in [-0.15, -0.1) is 0 Å². The summed E-state index contributed by atoms with van der Waals surface area (Å²) in [5.74, 6) is 0. The monoisotopic (exact) mass is 335 g/mol. The summed E-state index contributed by atoms with van der Waals surface area (Å²) in [6.07, 6.45) is 1.59. The molecule has 0 radical (unpaired) electrons. The van der Waals surface area contributed by atoms with E-state index in [0.717, 1.165) is 5.56 Å². The first kappa shape index (κ1) is 17.5. The van der Waals surface area contributed by atoms with Gasteiger partial charge in [0.15, 0.2) is 0 Å². The molecule has 0 aliphatic carbocycles. The van der Waals surface area contributed by atoms with E-state index >= 15 is 0 Å². The first-order valence-corrected chi connectivity index (χ1v) is 9.15. The molecule has 0 N–H and O–H groups in total. The van der Waals surface area contributed by atoms with E-state index in [1.54, 1.807) is 17.9 Å². The maximum Gasteiger partial charge on any atom is 0.267 e. The minimum absolute atomic E-state index is 0.274. The molecule has 0 atom stereocenters. The Hall–Kier alpha value is -1.82. The first-order chi connectivity index (χ1) is 10.6. The summed E-state index contributed by atoms with van der Waals surface area (Å²) in [6, 6.07) is 7.53. The van der Waals surface area contributed by atoms with Crippen LogP contribution in [0.15, 0.2) is 35.4 Å². The minimum atomic E-state index is -3.66. The van der Waals surface area contributed by atoms with Gasteiger partial charge in [-0.2, -0.15) is 5.10 Å². The van der Waals surface area contributed by atoms with Gasteiger partial charge in [-0.25, -0.2) is 8.42 Å². The summed E-state index contributed by atoms with van der Waals surface area (Å²) in [4.78, 5) is 0.274. The van der Waals surface area contributed by atoms with Gasteiger partial charge in [0.25, 0.3) is 10.0 Å². The molecule has 0 aliphatic rings. The number of nitrogens with zero attached hydrogens (tertiary/aromatic N) is 3. The Kier molecular flexibility index (Phi) is 4.57. The van der Waals surface area contributed by atoms with Crippen molar-refractivity contribution in [2.24, 2.45) is 7.05 Å². The highest BCUT2D eigenvalue weighted by Gasteiger charge is 2.33. The van der Waals surface area contributed by atoms with E-state index in [1.807, 2.05) is 58.9 Å². The van der Waals surface area contributed by atoms with Crippen LogP contribution in [0.3, 0.4) is 0 Å². The standard InChI is InChI=1S/C17H25N3O2S/c1-7-20(14-10-8-9-13(2)11-14)23(21,22)15-12-19(6)18-16(15)17(3,4)5/h8-12H,7H2,1-6H3. The van der Waals surface area contributed by atoms with Crippen molar-refractivity contribution in [3.63, 3.8) is 0 Å². The van der Waals surface area contributed by atoms with Gasteiger partial charge in [-0.05, 0) is 31.5 Å². The van der Waals surface area contributed by atoms with Crippen molar-refractivity contribution in [2.75, 3.05) is 10.8 Å². The number of anilines is 1. The molecular weight excluding hydrogens is 310 g/mol. The second kappa shape index (κ2) is 6.00. The highest BCUT2D eigenvalue weighted by molar-refractivity contribution is 7.92. The SMILES string of the molecule is CCN(c1cccc(C)c1)S(=O)(=O)c1cn(C)nc1C(C)(C)C. The van der Waals surface area contributed by atoms with Gasteiger partial charge >= 0.3 is 0 Å². The van der Waals surface area contributed by atoms with Crippen LogP contribution in [-0.4, -0.2) is 24.7 Å². The predicted molar refractivity (Wildman–Crippen MR) is 93.3 cm³/mol. The first-order valence-electron chi connectivity index (χ1n) is 7.71. The van der Waals surface area contributed by atoms with E-state index in [2.05, 4.69) is 5.10 Å². The minimum Gasteiger partial charge on any atom is -0.274 e. The van der Waals surface area contributed by atoms with Crippen LogP contribution in [0.5, 0.6) is 0 Å². The molecule has 5 nitrogen and oxygen atoms in total. The Bertz CT molecular complexity index is 801. The third-order valence-electron chi connectivity index (χ3n) is 3.65. The zero-order valence-electron chi connectivity index (χ0n) is 14.7. The highest BCUT2D eigenvalue weighted by Crippen LogP contribution is 2.31. The molecule has 0 bridgehead atoms. The molecule has 0 spiro atoms. The van der Waals surface area contributed by atoms with Gasteiger partial charge < -0.3 is 0 Å². The van der Waals surface area contributed by atoms with Crippen LogP contribution >= 0.6 is 0 Å². The second-order valence-corrected chi connectivity index (χ2v) is 8.61. The average Bonchev–Trinajstić information content (AvgIpc) is 2.82. The number of hydrogen-bond donors (Lipinski definition) is 0. The van der Waals surface area contributed by atoms with Crippen molar-refractivity contribution in [2.45, 2.75) is 44.9 Å². The number of benzene rings is 1. The molecule has 0 fully saturated rings. The molecule has 0 saturated heterocycles. The van der Waals surface area contributed by atoms with Gasteiger partial charge in [0.05, 0.1) is 11.4 Å². The molecule has 23 heavy (non-hydrogen) atoms. The lowest BCUT2D eigenvalue weighted by Gasteiger charge is -2.25. The summed E-state index contributed by atoms with van der Waals surface area (Å²) < 4.78 is 29.5. The van der Waals surface area contributed by atoms with Crippen LogP contribution < -0.4 is 4.31 Å². The molecule has 1 aromatic carbocycles. The maximum atomic E-state index is 13.2. The van der Waals surface area contributed by atoms with Crippen LogP contribution in [-0.2, 0) is 22.5 Å². The topological polar surface area (TPSA) is 55.2 Å². The summed E-state index contributed by atoms with van der Waals surface area (Å²) in [6.45, 7) is 10.1. The Morgan fingerprint density at radius 1 is 1.26 bits per heavy atom. The van der Waals surface area contributed by atoms with E-state index in [9.17, 15) is 8.42 Å². The average molecular weight is 335 g/mol. The number of sulfonamides is 1. The predicted octanol–water partition coefficient (Wildman–Crippen LogP) is 3.24. The third-order valence-corrected chi connectivity index (χ3v) is 5.55. The molecule has 0 aliphatic heterocycles. The van der Waals surface area contributed by atoms with Crippen molar-refractivity contribution in [3.05, 3.63) is 41.7 Å². The van der Waals surface area contributed by atoms with Gasteiger partial charge in [0.2, 0.25) is 0 Å². The molecule has 0 saturated carbocycles. The maximum absolute atomic E-state index is 13.2. The summed E-state index contributed by atoms with van der Waals surface area (Å²) >= 11 is 0. The smallest absolute Gasteiger partial charge is 0.267 e. The fourth-order valence-corrected chi connectivity index (χ4v) is 4.41. The molecule has 1 aromatic heterocycles. The van der Waals surface area contributed by atoms with Crippen LogP contribution in [0.4, 0.5) is 5.69 Å². The van der Waals surface area contributed by atoms with Gasteiger partial charge in [0.1, 0.15) is 4.90 Å². The zero-order chi connectivity index (χ0) is 17.4. The van der Waals surface area contributed by atoms with Gasteiger partial charge in [0, 0.05) is 25.2 Å². The highest BCUT2D eigenvalue weighted by atomic mass is 32.2. The third kappa shape index (κ3) is 3.42. The Balaban J connectivity index is 2.61. The normalized spacial score (nSPS) is 12.4. The molecular formula is C17H25N3O2S. The van der Waals surface area contributed by atoms with E-state index in [-0.39, 0.29) is 10.3 Å². The molecule has 126 valence electrons. The van der Waals surface area contributed by atoms with Gasteiger partial charge in [-0.3, -0.25) is 8.99 Å². The fraction of sp³-hybridized carbons (Fsp3) is 0.471. The number of aryl methyl sites for hydroxylation is 2. The largest absolute Gasteiger partial charge is 0.274 e. The molecule has 6 heteroatoms. The van der Waals surface area contributed by atoms with E-state index in [1.165, 1.54) is 4.31 Å². The molecule has 0 amide bonds. The van der Waals surface area contributed by atoms with E-state index in [0.29, 0.717) is 17.9 Å². The number of rotatable bonds is 4. The lowest BCUT2D eigenvalue weighted by molar-refractivity contribution is 0.537. The van der Waals surface area contributed by atoms with Crippen molar-refractivity contribution in [3.8, 4) is 0 Å². The molecule has 2 rings (SSSR count). The molecule has 2 aromatic rings. The van der Waals surface area contributed by atoms with Crippen molar-refractivity contribution >= 4 is 15.7 Å². The van der Waals surface area contributed by atoms with Crippen molar-refractivity contribution < 1.29 is 8.42 Å².